The summed E-state index contributed by atoms with van der Waals surface area (Å²) in [6.07, 6.45) is 0. The minimum Gasteiger partial charge on any atom is -0.267 e. The number of hydrogen-bond donors (Lipinski definition) is 2. The smallest absolute Gasteiger partial charge is 0.267 e. The largest absolute Gasteiger partial charge is 0.271 e. The van der Waals surface area contributed by atoms with Gasteiger partial charge in [0.2, 0.25) is 10.0 Å². The van der Waals surface area contributed by atoms with E-state index in [4.69, 9.17) is 0 Å². The Hall–Kier alpha value is -3.29. The van der Waals surface area contributed by atoms with Crippen molar-refractivity contribution in [3.8, 4) is 0 Å². The fourth-order valence-corrected chi connectivity index (χ4v) is 3.72. The number of nitrogens with zero attached hydrogens (tertiary/aromatic N) is 1. The molecule has 3 rings (SSSR count). The Labute approximate surface area is 176 Å². The molecule has 2 N–H and O–H groups in total. The van der Waals surface area contributed by atoms with Gasteiger partial charge in [-0.1, -0.05) is 60.2 Å². The first kappa shape index (κ1) is 21.4. The van der Waals surface area contributed by atoms with Crippen molar-refractivity contribution >= 4 is 21.6 Å². The van der Waals surface area contributed by atoms with E-state index in [2.05, 4.69) is 15.2 Å². The van der Waals surface area contributed by atoms with Crippen molar-refractivity contribution in [1.29, 1.82) is 0 Å². The molecule has 30 heavy (non-hydrogen) atoms. The molecule has 0 atom stereocenters. The van der Waals surface area contributed by atoms with Gasteiger partial charge in [0, 0.05) is 12.1 Å². The van der Waals surface area contributed by atoms with Crippen LogP contribution in [0.4, 0.5) is 0 Å². The summed E-state index contributed by atoms with van der Waals surface area (Å²) < 4.78 is 27.6. The second-order valence-corrected chi connectivity index (χ2v) is 8.61. The normalized spacial score (nSPS) is 11.9. The van der Waals surface area contributed by atoms with E-state index in [9.17, 15) is 13.2 Å². The molecule has 0 aliphatic rings. The van der Waals surface area contributed by atoms with Gasteiger partial charge in [-0.15, -0.1) is 0 Å². The molecule has 0 radical (unpaired) electrons. The zero-order valence-corrected chi connectivity index (χ0v) is 17.6. The van der Waals surface area contributed by atoms with E-state index in [1.807, 2.05) is 49.4 Å². The highest BCUT2D eigenvalue weighted by Crippen LogP contribution is 2.12. The van der Waals surface area contributed by atoms with E-state index in [1.165, 1.54) is 12.1 Å². The van der Waals surface area contributed by atoms with Gasteiger partial charge in [0.15, 0.2) is 0 Å². The molecule has 7 heteroatoms. The molecule has 0 spiro atoms. The van der Waals surface area contributed by atoms with Gasteiger partial charge in [0.25, 0.3) is 5.91 Å². The second-order valence-electron chi connectivity index (χ2n) is 6.84. The number of rotatable bonds is 7. The summed E-state index contributed by atoms with van der Waals surface area (Å²) in [6.45, 7) is 3.91. The Kier molecular flexibility index (Phi) is 6.76. The molecular weight excluding hydrogens is 398 g/mol. The van der Waals surface area contributed by atoms with E-state index in [0.29, 0.717) is 16.8 Å². The van der Waals surface area contributed by atoms with Crippen LogP contribution in [0.25, 0.3) is 0 Å². The lowest BCUT2D eigenvalue weighted by atomic mass is 10.1. The quantitative estimate of drug-likeness (QED) is 0.451. The van der Waals surface area contributed by atoms with Crippen LogP contribution in [0.3, 0.4) is 0 Å². The molecule has 0 aromatic heterocycles. The van der Waals surface area contributed by atoms with E-state index in [-0.39, 0.29) is 17.3 Å². The first-order valence-electron chi connectivity index (χ1n) is 9.40. The van der Waals surface area contributed by atoms with Crippen LogP contribution in [-0.4, -0.2) is 20.0 Å². The number of hydrogen-bond acceptors (Lipinski definition) is 4. The van der Waals surface area contributed by atoms with Crippen molar-refractivity contribution in [2.45, 2.75) is 25.3 Å². The van der Waals surface area contributed by atoms with Crippen LogP contribution in [-0.2, 0) is 16.6 Å². The minimum absolute atomic E-state index is 0.165. The molecule has 3 aromatic carbocycles. The number of sulfonamides is 1. The van der Waals surface area contributed by atoms with E-state index >= 15 is 0 Å². The molecule has 0 bridgehead atoms. The van der Waals surface area contributed by atoms with Crippen LogP contribution in [0.5, 0.6) is 0 Å². The number of aryl methyl sites for hydroxylation is 1. The second kappa shape index (κ2) is 9.47. The van der Waals surface area contributed by atoms with Gasteiger partial charge in [0.1, 0.15) is 0 Å². The van der Waals surface area contributed by atoms with Crippen LogP contribution in [0.2, 0.25) is 0 Å². The number of hydrazone groups is 1. The number of amides is 1. The Balaban J connectivity index is 1.64. The van der Waals surface area contributed by atoms with Gasteiger partial charge < -0.3 is 0 Å². The van der Waals surface area contributed by atoms with Crippen molar-refractivity contribution < 1.29 is 13.2 Å². The van der Waals surface area contributed by atoms with Crippen molar-refractivity contribution in [2.24, 2.45) is 5.10 Å². The van der Waals surface area contributed by atoms with Crippen LogP contribution in [0.15, 0.2) is 88.9 Å². The monoisotopic (exact) mass is 421 g/mol. The Morgan fingerprint density at radius 3 is 2.10 bits per heavy atom. The molecule has 0 fully saturated rings. The predicted octanol–water partition coefficient (Wildman–Crippen LogP) is 3.63. The summed E-state index contributed by atoms with van der Waals surface area (Å²) in [4.78, 5) is 12.3. The lowest BCUT2D eigenvalue weighted by molar-refractivity contribution is 0.0955. The zero-order chi connectivity index (χ0) is 21.6. The van der Waals surface area contributed by atoms with E-state index < -0.39 is 10.0 Å². The maximum Gasteiger partial charge on any atom is 0.271 e. The molecule has 0 heterocycles. The zero-order valence-electron chi connectivity index (χ0n) is 16.8. The standard InChI is InChI=1S/C23H23N3O3S/c1-17-8-10-21(11-9-17)23(27)26-25-18(2)20-12-14-22(15-13-20)30(28,29)24-16-19-6-4-3-5-7-19/h3-15,24H,16H2,1-2H3,(H,26,27)/b25-18-. The third-order valence-corrected chi connectivity index (χ3v) is 5.95. The van der Waals surface area contributed by atoms with E-state index in [0.717, 1.165) is 11.1 Å². The van der Waals surface area contributed by atoms with Crippen LogP contribution >= 0.6 is 0 Å². The average molecular weight is 422 g/mol. The van der Waals surface area contributed by atoms with Crippen molar-refractivity contribution in [3.63, 3.8) is 0 Å². The molecule has 1 amide bonds. The predicted molar refractivity (Wildman–Crippen MR) is 118 cm³/mol. The third kappa shape index (κ3) is 5.62. The third-order valence-electron chi connectivity index (χ3n) is 4.53. The summed E-state index contributed by atoms with van der Waals surface area (Å²) >= 11 is 0. The molecule has 154 valence electrons. The highest BCUT2D eigenvalue weighted by atomic mass is 32.2. The molecule has 0 aliphatic carbocycles. The van der Waals surface area contributed by atoms with Crippen LogP contribution in [0.1, 0.15) is 34.0 Å². The first-order valence-corrected chi connectivity index (χ1v) is 10.9. The lowest BCUT2D eigenvalue weighted by Crippen LogP contribution is -2.23. The van der Waals surface area contributed by atoms with Gasteiger partial charge in [-0.3, -0.25) is 4.79 Å². The van der Waals surface area contributed by atoms with Gasteiger partial charge in [-0.2, -0.15) is 5.10 Å². The minimum atomic E-state index is -3.63. The summed E-state index contributed by atoms with van der Waals surface area (Å²) in [6, 6.07) is 22.9. The molecule has 0 aliphatic heterocycles. The number of nitrogens with one attached hydrogen (secondary N) is 2. The molecular formula is C23H23N3O3S. The molecule has 0 saturated heterocycles. The van der Waals surface area contributed by atoms with Crippen LogP contribution < -0.4 is 10.1 Å². The maximum atomic E-state index is 12.5. The molecule has 6 nitrogen and oxygen atoms in total. The Morgan fingerprint density at radius 1 is 0.867 bits per heavy atom. The Morgan fingerprint density at radius 2 is 1.47 bits per heavy atom. The van der Waals surface area contributed by atoms with Crippen molar-refractivity contribution in [3.05, 3.63) is 101 Å². The number of carbonyl (C=O) groups excluding carboxylic acids is 1. The highest BCUT2D eigenvalue weighted by Gasteiger charge is 2.14. The fraction of sp³-hybridized carbons (Fsp3) is 0.130. The number of benzene rings is 3. The summed E-state index contributed by atoms with van der Waals surface area (Å²) in [7, 11) is -3.63. The van der Waals surface area contributed by atoms with E-state index in [1.54, 1.807) is 31.2 Å². The maximum absolute atomic E-state index is 12.5. The highest BCUT2D eigenvalue weighted by molar-refractivity contribution is 7.89. The average Bonchev–Trinajstić information content (AvgIpc) is 2.77. The molecule has 0 unspecified atom stereocenters. The summed E-state index contributed by atoms with van der Waals surface area (Å²) in [5.41, 5.74) is 6.26. The summed E-state index contributed by atoms with van der Waals surface area (Å²) in [5.74, 6) is -0.307. The number of carbonyl (C=O) groups is 1. The van der Waals surface area contributed by atoms with Gasteiger partial charge >= 0.3 is 0 Å². The topological polar surface area (TPSA) is 87.6 Å². The van der Waals surface area contributed by atoms with Crippen molar-refractivity contribution in [1.82, 2.24) is 10.1 Å². The van der Waals surface area contributed by atoms with Crippen molar-refractivity contribution in [2.75, 3.05) is 0 Å². The Bertz CT molecular complexity index is 1140. The van der Waals surface area contributed by atoms with Crippen LogP contribution in [0, 0.1) is 6.92 Å². The SMILES string of the molecule is C/C(=N/NC(=O)c1ccc(C)cc1)c1ccc(S(=O)(=O)NCc2ccccc2)cc1. The lowest BCUT2D eigenvalue weighted by Gasteiger charge is -2.08. The fourth-order valence-electron chi connectivity index (χ4n) is 2.70. The first-order chi connectivity index (χ1) is 14.3. The van der Waals surface area contributed by atoms with Gasteiger partial charge in [-0.25, -0.2) is 18.6 Å². The molecule has 0 saturated carbocycles. The summed E-state index contributed by atoms with van der Waals surface area (Å²) in [5, 5.41) is 4.11. The van der Waals surface area contributed by atoms with Gasteiger partial charge in [0.05, 0.1) is 10.6 Å². The van der Waals surface area contributed by atoms with Gasteiger partial charge in [-0.05, 0) is 49.2 Å². The molecule has 3 aromatic rings.